The first kappa shape index (κ1) is 38.0. The van der Waals surface area contributed by atoms with Crippen molar-refractivity contribution in [3.8, 4) is 11.5 Å². The number of aromatic nitrogens is 3. The molecule has 0 aliphatic heterocycles. The lowest BCUT2D eigenvalue weighted by molar-refractivity contribution is -0.134. The van der Waals surface area contributed by atoms with E-state index >= 15 is 0 Å². The number of para-hydroxylation sites is 2. The van der Waals surface area contributed by atoms with Gasteiger partial charge in [-0.25, -0.2) is 14.8 Å². The summed E-state index contributed by atoms with van der Waals surface area (Å²) in [6, 6.07) is 24.8. The Balaban J connectivity index is 1.23. The highest BCUT2D eigenvalue weighted by molar-refractivity contribution is 6.07. The molecule has 2 heterocycles. The molecular formula is C40H45N7O6. The molecule has 0 radical (unpaired) electrons. The van der Waals surface area contributed by atoms with E-state index in [1.165, 1.54) is 4.90 Å². The number of benzene rings is 3. The van der Waals surface area contributed by atoms with Gasteiger partial charge in [-0.1, -0.05) is 44.4 Å². The first-order valence-electron chi connectivity index (χ1n) is 17.7. The van der Waals surface area contributed by atoms with Crippen LogP contribution in [0.15, 0.2) is 96.1 Å². The van der Waals surface area contributed by atoms with Gasteiger partial charge in [0.15, 0.2) is 11.5 Å². The van der Waals surface area contributed by atoms with Gasteiger partial charge in [0.2, 0.25) is 0 Å². The number of unbranched alkanes of at least 4 members (excludes halogenated alkanes) is 3. The number of aliphatic imine (C=N–C) groups is 1. The molecule has 0 saturated heterocycles. The molecule has 53 heavy (non-hydrogen) atoms. The Kier molecular flexibility index (Phi) is 13.5. The highest BCUT2D eigenvalue weighted by Gasteiger charge is 2.22. The summed E-state index contributed by atoms with van der Waals surface area (Å²) >= 11 is 0. The minimum Gasteiger partial charge on any atom is -0.490 e. The lowest BCUT2D eigenvalue weighted by Gasteiger charge is -2.21. The zero-order valence-corrected chi connectivity index (χ0v) is 30.3. The molecule has 13 nitrogen and oxygen atoms in total. The number of nitrogens with one attached hydrogen (secondary N) is 1. The van der Waals surface area contributed by atoms with Gasteiger partial charge in [0, 0.05) is 36.6 Å². The third kappa shape index (κ3) is 10.4. The summed E-state index contributed by atoms with van der Waals surface area (Å²) in [6.07, 6.45) is 4.84. The Morgan fingerprint density at radius 2 is 1.66 bits per heavy atom. The number of nitrogens with zero attached hydrogens (tertiary/aromatic N) is 5. The van der Waals surface area contributed by atoms with Crippen molar-refractivity contribution >= 4 is 46.3 Å². The first-order chi connectivity index (χ1) is 25.8. The number of amidine groups is 1. The Morgan fingerprint density at radius 3 is 2.40 bits per heavy atom. The average Bonchev–Trinajstić information content (AvgIpc) is 3.49. The number of carbonyl (C=O) groups excluding carboxylic acids is 3. The molecule has 0 spiro atoms. The Labute approximate surface area is 308 Å². The number of imidazole rings is 1. The van der Waals surface area contributed by atoms with Gasteiger partial charge in [-0.15, -0.1) is 0 Å². The number of hydrogen-bond acceptors (Lipinski definition) is 9. The summed E-state index contributed by atoms with van der Waals surface area (Å²) in [7, 11) is 1.91. The maximum atomic E-state index is 13.9. The molecule has 5 rings (SSSR count). The molecule has 0 aliphatic rings. The molecule has 0 atom stereocenters. The number of aryl methyl sites for hydroxylation is 1. The van der Waals surface area contributed by atoms with Crippen LogP contribution in [0.25, 0.3) is 11.0 Å². The SMILES string of the molecule is CCCCCCOC(=O)/N=C(\N)c1ccc(NCc2nc3cc(C(=O)N(CCC(=O)Oc4ccccc4OCC)c4ccccn4)ccc3n2C)cc1. The van der Waals surface area contributed by atoms with E-state index < -0.39 is 12.1 Å². The van der Waals surface area contributed by atoms with Crippen molar-refractivity contribution in [1.82, 2.24) is 14.5 Å². The summed E-state index contributed by atoms with van der Waals surface area (Å²) in [4.78, 5) is 53.4. The summed E-state index contributed by atoms with van der Waals surface area (Å²) in [6.45, 7) is 5.17. The maximum absolute atomic E-state index is 13.9. The van der Waals surface area contributed by atoms with E-state index in [0.717, 1.165) is 42.7 Å². The van der Waals surface area contributed by atoms with Gasteiger partial charge in [0.25, 0.3) is 5.91 Å². The highest BCUT2D eigenvalue weighted by Crippen LogP contribution is 2.27. The van der Waals surface area contributed by atoms with Gasteiger partial charge in [-0.05, 0) is 80.1 Å². The van der Waals surface area contributed by atoms with E-state index in [4.69, 9.17) is 24.9 Å². The zero-order chi connectivity index (χ0) is 37.6. The molecule has 2 amide bonds. The zero-order valence-electron chi connectivity index (χ0n) is 30.3. The quantitative estimate of drug-likeness (QED) is 0.0335. The summed E-state index contributed by atoms with van der Waals surface area (Å²) in [5.74, 6) is 1.18. The van der Waals surface area contributed by atoms with Crippen LogP contribution in [0.5, 0.6) is 11.5 Å². The second-order valence-corrected chi connectivity index (χ2v) is 12.1. The van der Waals surface area contributed by atoms with Crippen molar-refractivity contribution in [2.75, 3.05) is 30.0 Å². The number of fused-ring (bicyclic) bond motifs is 1. The van der Waals surface area contributed by atoms with Gasteiger partial charge in [0.05, 0.1) is 37.2 Å². The number of rotatable bonds is 17. The molecule has 3 aromatic carbocycles. The maximum Gasteiger partial charge on any atom is 0.435 e. The number of pyridine rings is 1. The molecule has 0 unspecified atom stereocenters. The van der Waals surface area contributed by atoms with Gasteiger partial charge < -0.3 is 29.8 Å². The topological polar surface area (TPSA) is 163 Å². The number of carbonyl (C=O) groups is 3. The van der Waals surface area contributed by atoms with Crippen LogP contribution >= 0.6 is 0 Å². The Bertz CT molecular complexity index is 2030. The van der Waals surface area contributed by atoms with Crippen molar-refractivity contribution in [2.24, 2.45) is 17.8 Å². The second-order valence-electron chi connectivity index (χ2n) is 12.1. The van der Waals surface area contributed by atoms with Crippen LogP contribution in [0.4, 0.5) is 16.3 Å². The largest absolute Gasteiger partial charge is 0.490 e. The van der Waals surface area contributed by atoms with E-state index in [2.05, 4.69) is 22.2 Å². The van der Waals surface area contributed by atoms with Crippen LogP contribution in [0, 0.1) is 0 Å². The van der Waals surface area contributed by atoms with E-state index in [-0.39, 0.29) is 24.7 Å². The average molecular weight is 720 g/mol. The predicted octanol–water partition coefficient (Wildman–Crippen LogP) is 7.04. The van der Waals surface area contributed by atoms with Crippen molar-refractivity contribution < 1.29 is 28.6 Å². The molecule has 3 N–H and O–H groups in total. The fraction of sp³-hybridized carbons (Fsp3) is 0.300. The van der Waals surface area contributed by atoms with Crippen LogP contribution in [0.3, 0.4) is 0 Å². The molecule has 5 aromatic rings. The number of hydrogen-bond donors (Lipinski definition) is 2. The minimum absolute atomic E-state index is 0.0421. The number of anilines is 2. The van der Waals surface area contributed by atoms with Gasteiger partial charge in [-0.3, -0.25) is 14.5 Å². The van der Waals surface area contributed by atoms with Gasteiger partial charge in [0.1, 0.15) is 17.5 Å². The van der Waals surface area contributed by atoms with Gasteiger partial charge >= 0.3 is 12.1 Å². The molecule has 0 aliphatic carbocycles. The Hall–Kier alpha value is -6.24. The van der Waals surface area contributed by atoms with Crippen LogP contribution in [0.1, 0.15) is 67.7 Å². The van der Waals surface area contributed by atoms with Crippen LogP contribution < -0.4 is 25.4 Å². The lowest BCUT2D eigenvalue weighted by Crippen LogP contribution is -2.34. The summed E-state index contributed by atoms with van der Waals surface area (Å²) in [5.41, 5.74) is 9.33. The fourth-order valence-electron chi connectivity index (χ4n) is 5.54. The van der Waals surface area contributed by atoms with Crippen molar-refractivity contribution in [2.45, 2.75) is 52.5 Å². The number of amides is 2. The predicted molar refractivity (Wildman–Crippen MR) is 204 cm³/mol. The molecule has 0 bridgehead atoms. The first-order valence-corrected chi connectivity index (χ1v) is 17.7. The molecule has 13 heteroatoms. The molecular weight excluding hydrogens is 674 g/mol. The van der Waals surface area contributed by atoms with Crippen molar-refractivity contribution in [3.05, 3.63) is 108 Å². The molecule has 2 aromatic heterocycles. The monoisotopic (exact) mass is 719 g/mol. The van der Waals surface area contributed by atoms with E-state index in [1.54, 1.807) is 72.9 Å². The number of esters is 1. The minimum atomic E-state index is -0.697. The third-order valence-corrected chi connectivity index (χ3v) is 8.37. The van der Waals surface area contributed by atoms with E-state index in [0.29, 0.717) is 53.7 Å². The van der Waals surface area contributed by atoms with Crippen LogP contribution in [-0.4, -0.2) is 58.1 Å². The third-order valence-electron chi connectivity index (χ3n) is 8.37. The lowest BCUT2D eigenvalue weighted by atomic mass is 10.1. The second kappa shape index (κ2) is 18.8. The molecule has 276 valence electrons. The smallest absolute Gasteiger partial charge is 0.435 e. The summed E-state index contributed by atoms with van der Waals surface area (Å²) in [5, 5.41) is 3.36. The Morgan fingerprint density at radius 1 is 0.906 bits per heavy atom. The number of nitrogens with two attached hydrogens (primary N) is 1. The van der Waals surface area contributed by atoms with Gasteiger partial charge in [-0.2, -0.15) is 4.99 Å². The van der Waals surface area contributed by atoms with E-state index in [9.17, 15) is 14.4 Å². The fourth-order valence-corrected chi connectivity index (χ4v) is 5.54. The van der Waals surface area contributed by atoms with Crippen molar-refractivity contribution in [3.63, 3.8) is 0 Å². The standard InChI is InChI=1S/C40H45N7O6/c1-4-6-7-12-25-52-40(50)45-38(41)28-16-19-30(20-17-28)43-27-36-44-31-26-29(18-21-32(31)46(36)3)39(49)47(35-15-10-11-23-42-35)24-22-37(48)53-34-14-9-8-13-33(34)51-5-2/h8-11,13-21,23,26,43H,4-7,12,22,24-25,27H2,1-3H3,(H2,41,45,50). The normalized spacial score (nSPS) is 11.3. The number of ether oxygens (including phenoxy) is 3. The van der Waals surface area contributed by atoms with Crippen molar-refractivity contribution in [1.29, 1.82) is 0 Å². The van der Waals surface area contributed by atoms with Crippen LogP contribution in [-0.2, 0) is 23.1 Å². The van der Waals surface area contributed by atoms with E-state index in [1.807, 2.05) is 36.7 Å². The van der Waals surface area contributed by atoms with Crippen LogP contribution in [0.2, 0.25) is 0 Å². The highest BCUT2D eigenvalue weighted by atomic mass is 16.6. The summed E-state index contributed by atoms with van der Waals surface area (Å²) < 4.78 is 18.3. The molecule has 0 fully saturated rings. The molecule has 0 saturated carbocycles.